The van der Waals surface area contributed by atoms with Crippen molar-refractivity contribution < 1.29 is 4.74 Å². The molecule has 1 atom stereocenters. The maximum absolute atomic E-state index is 6.16. The SMILES string of the molecule is Cc1nc(Cl)c(N(C)CC2CCCCO2)nc1C. The Kier molecular flexibility index (Phi) is 4.40. The molecule has 1 saturated heterocycles. The summed E-state index contributed by atoms with van der Waals surface area (Å²) in [5.41, 5.74) is 1.80. The number of nitrogens with zero attached hydrogens (tertiary/aromatic N) is 3. The quantitative estimate of drug-likeness (QED) is 0.846. The minimum atomic E-state index is 0.281. The van der Waals surface area contributed by atoms with Crippen LogP contribution in [0.1, 0.15) is 30.7 Å². The van der Waals surface area contributed by atoms with Gasteiger partial charge < -0.3 is 9.64 Å². The first-order valence-corrected chi connectivity index (χ1v) is 6.79. The van der Waals surface area contributed by atoms with Crippen LogP contribution in [-0.2, 0) is 4.74 Å². The molecule has 2 rings (SSSR count). The van der Waals surface area contributed by atoms with Crippen molar-refractivity contribution in [1.82, 2.24) is 9.97 Å². The predicted molar refractivity (Wildman–Crippen MR) is 73.4 cm³/mol. The Bertz CT molecular complexity index is 419. The first-order valence-electron chi connectivity index (χ1n) is 6.41. The molecule has 1 aliphatic rings. The molecule has 0 N–H and O–H groups in total. The topological polar surface area (TPSA) is 38.2 Å². The van der Waals surface area contributed by atoms with Crippen molar-refractivity contribution >= 4 is 17.4 Å². The summed E-state index contributed by atoms with van der Waals surface area (Å²) >= 11 is 6.16. The third-order valence-electron chi connectivity index (χ3n) is 3.36. The van der Waals surface area contributed by atoms with Crippen molar-refractivity contribution in [3.8, 4) is 0 Å². The number of likely N-dealkylation sites (N-methyl/N-ethyl adjacent to an activating group) is 1. The molecule has 0 saturated carbocycles. The van der Waals surface area contributed by atoms with Gasteiger partial charge in [-0.15, -0.1) is 0 Å². The van der Waals surface area contributed by atoms with Crippen LogP contribution < -0.4 is 4.90 Å². The highest BCUT2D eigenvalue weighted by molar-refractivity contribution is 6.31. The van der Waals surface area contributed by atoms with E-state index in [1.165, 1.54) is 12.8 Å². The second kappa shape index (κ2) is 5.85. The summed E-state index contributed by atoms with van der Waals surface area (Å²) in [7, 11) is 1.99. The fourth-order valence-corrected chi connectivity index (χ4v) is 2.46. The summed E-state index contributed by atoms with van der Waals surface area (Å²) in [4.78, 5) is 10.9. The average Bonchev–Trinajstić information content (AvgIpc) is 2.35. The molecule has 4 nitrogen and oxygen atoms in total. The monoisotopic (exact) mass is 269 g/mol. The van der Waals surface area contributed by atoms with Gasteiger partial charge in [0, 0.05) is 20.2 Å². The lowest BCUT2D eigenvalue weighted by atomic mass is 10.1. The molecule has 1 fully saturated rings. The van der Waals surface area contributed by atoms with E-state index in [9.17, 15) is 0 Å². The van der Waals surface area contributed by atoms with Gasteiger partial charge in [0.05, 0.1) is 17.5 Å². The second-order valence-electron chi connectivity index (χ2n) is 4.88. The van der Waals surface area contributed by atoms with Gasteiger partial charge in [0.15, 0.2) is 11.0 Å². The Morgan fingerprint density at radius 1 is 1.28 bits per heavy atom. The highest BCUT2D eigenvalue weighted by Crippen LogP contribution is 2.23. The average molecular weight is 270 g/mol. The molecule has 18 heavy (non-hydrogen) atoms. The van der Waals surface area contributed by atoms with Crippen LogP contribution in [0.3, 0.4) is 0 Å². The maximum atomic E-state index is 6.16. The smallest absolute Gasteiger partial charge is 0.171 e. The van der Waals surface area contributed by atoms with E-state index < -0.39 is 0 Å². The molecule has 0 bridgehead atoms. The highest BCUT2D eigenvalue weighted by Gasteiger charge is 2.19. The number of ether oxygens (including phenoxy) is 1. The van der Waals surface area contributed by atoms with Crippen molar-refractivity contribution in [2.24, 2.45) is 0 Å². The number of aryl methyl sites for hydroxylation is 2. The highest BCUT2D eigenvalue weighted by atomic mass is 35.5. The zero-order chi connectivity index (χ0) is 13.1. The van der Waals surface area contributed by atoms with Gasteiger partial charge in [-0.3, -0.25) is 0 Å². The van der Waals surface area contributed by atoms with Gasteiger partial charge in [0.1, 0.15) is 0 Å². The lowest BCUT2D eigenvalue weighted by Crippen LogP contribution is -2.34. The van der Waals surface area contributed by atoms with E-state index in [1.54, 1.807) is 0 Å². The minimum Gasteiger partial charge on any atom is -0.376 e. The number of halogens is 1. The standard InChI is InChI=1S/C13H20ClN3O/c1-9-10(2)16-13(12(14)15-9)17(3)8-11-6-4-5-7-18-11/h11H,4-8H2,1-3H3. The number of rotatable bonds is 3. The molecule has 5 heteroatoms. The number of hydrogen-bond acceptors (Lipinski definition) is 4. The van der Waals surface area contributed by atoms with Gasteiger partial charge in [0.25, 0.3) is 0 Å². The van der Waals surface area contributed by atoms with Gasteiger partial charge in [-0.1, -0.05) is 11.6 Å². The van der Waals surface area contributed by atoms with Crippen molar-refractivity contribution in [3.05, 3.63) is 16.5 Å². The van der Waals surface area contributed by atoms with Crippen LogP contribution in [0.5, 0.6) is 0 Å². The molecule has 0 aromatic carbocycles. The van der Waals surface area contributed by atoms with Gasteiger partial charge in [-0.2, -0.15) is 0 Å². The van der Waals surface area contributed by atoms with Gasteiger partial charge in [-0.05, 0) is 33.1 Å². The molecule has 0 aliphatic carbocycles. The number of hydrogen-bond donors (Lipinski definition) is 0. The van der Waals surface area contributed by atoms with Gasteiger partial charge >= 0.3 is 0 Å². The van der Waals surface area contributed by atoms with E-state index in [2.05, 4.69) is 9.97 Å². The fraction of sp³-hybridized carbons (Fsp3) is 0.692. The van der Waals surface area contributed by atoms with Crippen molar-refractivity contribution in [1.29, 1.82) is 0 Å². The van der Waals surface area contributed by atoms with E-state index >= 15 is 0 Å². The number of anilines is 1. The maximum Gasteiger partial charge on any atom is 0.171 e. The third kappa shape index (κ3) is 3.12. The lowest BCUT2D eigenvalue weighted by Gasteiger charge is -2.28. The molecule has 2 heterocycles. The Morgan fingerprint density at radius 2 is 2.00 bits per heavy atom. The minimum absolute atomic E-state index is 0.281. The lowest BCUT2D eigenvalue weighted by molar-refractivity contribution is 0.0215. The van der Waals surface area contributed by atoms with E-state index in [4.69, 9.17) is 16.3 Å². The Hall–Kier alpha value is -0.870. The van der Waals surface area contributed by atoms with Crippen molar-refractivity contribution in [2.75, 3.05) is 25.1 Å². The van der Waals surface area contributed by atoms with Crippen LogP contribution in [0, 0.1) is 13.8 Å². The van der Waals surface area contributed by atoms with Crippen LogP contribution in [0.4, 0.5) is 5.82 Å². The summed E-state index contributed by atoms with van der Waals surface area (Å²) in [5.74, 6) is 0.744. The normalized spacial score (nSPS) is 19.9. The van der Waals surface area contributed by atoms with E-state index in [0.29, 0.717) is 5.15 Å². The number of aromatic nitrogens is 2. The van der Waals surface area contributed by atoms with Crippen molar-refractivity contribution in [2.45, 2.75) is 39.2 Å². The fourth-order valence-electron chi connectivity index (χ4n) is 2.15. The largest absolute Gasteiger partial charge is 0.376 e. The summed E-state index contributed by atoms with van der Waals surface area (Å²) in [5, 5.41) is 0.469. The molecular formula is C13H20ClN3O. The molecule has 0 radical (unpaired) electrons. The molecule has 0 amide bonds. The van der Waals surface area contributed by atoms with E-state index in [0.717, 1.165) is 36.8 Å². The van der Waals surface area contributed by atoms with Gasteiger partial charge in [0.2, 0.25) is 0 Å². The summed E-state index contributed by atoms with van der Waals surface area (Å²) in [6.07, 6.45) is 3.80. The zero-order valence-corrected chi connectivity index (χ0v) is 12.0. The third-order valence-corrected chi connectivity index (χ3v) is 3.61. The summed E-state index contributed by atoms with van der Waals surface area (Å²) < 4.78 is 5.73. The first kappa shape index (κ1) is 13.6. The van der Waals surface area contributed by atoms with Crippen molar-refractivity contribution in [3.63, 3.8) is 0 Å². The molecular weight excluding hydrogens is 250 g/mol. The molecule has 1 aliphatic heterocycles. The molecule has 100 valence electrons. The zero-order valence-electron chi connectivity index (χ0n) is 11.2. The summed E-state index contributed by atoms with van der Waals surface area (Å²) in [6, 6.07) is 0. The Morgan fingerprint density at radius 3 is 2.67 bits per heavy atom. The van der Waals surface area contributed by atoms with Crippen LogP contribution in [0.2, 0.25) is 5.15 Å². The van der Waals surface area contributed by atoms with Crippen LogP contribution in [0.15, 0.2) is 0 Å². The van der Waals surface area contributed by atoms with Crippen LogP contribution in [-0.4, -0.2) is 36.3 Å². The van der Waals surface area contributed by atoms with Crippen LogP contribution >= 0.6 is 11.6 Å². The molecule has 0 spiro atoms. The molecule has 1 aromatic rings. The van der Waals surface area contributed by atoms with E-state index in [1.807, 2.05) is 25.8 Å². The Labute approximate surface area is 113 Å². The predicted octanol–water partition coefficient (Wildman–Crippen LogP) is 2.75. The van der Waals surface area contributed by atoms with Gasteiger partial charge in [-0.25, -0.2) is 9.97 Å². The second-order valence-corrected chi connectivity index (χ2v) is 5.24. The van der Waals surface area contributed by atoms with Crippen LogP contribution in [0.25, 0.3) is 0 Å². The first-order chi connectivity index (χ1) is 8.58. The Balaban J connectivity index is 2.08. The molecule has 1 unspecified atom stereocenters. The summed E-state index contributed by atoms with van der Waals surface area (Å²) in [6.45, 7) is 5.55. The van der Waals surface area contributed by atoms with E-state index in [-0.39, 0.29) is 6.10 Å². The molecule has 1 aromatic heterocycles.